The molecule has 2 aliphatic rings. The Morgan fingerprint density at radius 2 is 2.00 bits per heavy atom. The Bertz CT molecular complexity index is 1040. The summed E-state index contributed by atoms with van der Waals surface area (Å²) < 4.78 is 12.1. The summed E-state index contributed by atoms with van der Waals surface area (Å²) in [4.78, 5) is 35.0. The molecule has 2 amide bonds. The number of amides is 2. The highest BCUT2D eigenvalue weighted by Crippen LogP contribution is 2.29. The van der Waals surface area contributed by atoms with Crippen LogP contribution in [0.3, 0.4) is 0 Å². The van der Waals surface area contributed by atoms with Crippen molar-refractivity contribution in [3.05, 3.63) is 40.3 Å². The number of anilines is 1. The normalized spacial score (nSPS) is 24.5. The number of thiazole rings is 1. The first-order valence-electron chi connectivity index (χ1n) is 13.3. The average Bonchev–Trinajstić information content (AvgIpc) is 3.42. The van der Waals surface area contributed by atoms with Gasteiger partial charge in [-0.1, -0.05) is 26.2 Å². The minimum Gasteiger partial charge on any atom is -0.491 e. The molecule has 0 unspecified atom stereocenters. The van der Waals surface area contributed by atoms with Crippen LogP contribution >= 0.6 is 11.3 Å². The number of methoxy groups -OCH3 is 1. The third-order valence-corrected chi connectivity index (χ3v) is 8.40. The molecule has 1 saturated carbocycles. The standard InChI is InChI=1S/C28H40N4O4S/c1-19-15-32(17-26-29-12-13-37-26)20(2)18-36-24-11-10-22(30-27(33)21-8-6-5-7-9-21)14-23(24)28(34)31(3)16-25(19)35-4/h10-14,19-21,25H,5-9,15-18H2,1-4H3,(H,30,33)/t19-,20+,25-/m0/s1. The molecular formula is C28H40N4O4S. The van der Waals surface area contributed by atoms with Crippen molar-refractivity contribution in [3.63, 3.8) is 0 Å². The molecule has 1 aromatic carbocycles. The zero-order chi connectivity index (χ0) is 26.4. The summed E-state index contributed by atoms with van der Waals surface area (Å²) >= 11 is 1.65. The SMILES string of the molecule is CO[C@H]1CN(C)C(=O)c2cc(NC(=O)C3CCCCC3)ccc2OC[C@@H](C)N(Cc2nccs2)C[C@@H]1C. The van der Waals surface area contributed by atoms with E-state index in [1.54, 1.807) is 42.5 Å². The molecule has 2 aromatic rings. The number of nitrogens with zero attached hydrogens (tertiary/aromatic N) is 3. The first-order chi connectivity index (χ1) is 17.9. The number of rotatable bonds is 5. The van der Waals surface area contributed by atoms with E-state index in [1.807, 2.05) is 17.6 Å². The second kappa shape index (κ2) is 12.8. The lowest BCUT2D eigenvalue weighted by Gasteiger charge is -2.35. The van der Waals surface area contributed by atoms with E-state index in [0.29, 0.717) is 30.2 Å². The quantitative estimate of drug-likeness (QED) is 0.607. The van der Waals surface area contributed by atoms with Gasteiger partial charge in [0.1, 0.15) is 17.4 Å². The predicted molar refractivity (Wildman–Crippen MR) is 146 cm³/mol. The minimum absolute atomic E-state index is 0.0363. The first kappa shape index (κ1) is 27.5. The van der Waals surface area contributed by atoms with Gasteiger partial charge in [-0.2, -0.15) is 0 Å². The Balaban J connectivity index is 1.59. The lowest BCUT2D eigenvalue weighted by Crippen LogP contribution is -2.46. The van der Waals surface area contributed by atoms with Crippen molar-refractivity contribution >= 4 is 28.8 Å². The molecule has 3 atom stereocenters. The Kier molecular flexibility index (Phi) is 9.56. The number of fused-ring (bicyclic) bond motifs is 1. The Morgan fingerprint density at radius 1 is 1.22 bits per heavy atom. The molecule has 4 rings (SSSR count). The van der Waals surface area contributed by atoms with Gasteiger partial charge in [-0.15, -0.1) is 11.3 Å². The van der Waals surface area contributed by atoms with Crippen LogP contribution in [0.5, 0.6) is 5.75 Å². The molecule has 37 heavy (non-hydrogen) atoms. The molecule has 1 aliphatic heterocycles. The third kappa shape index (κ3) is 7.09. The van der Waals surface area contributed by atoms with Crippen molar-refractivity contribution in [3.8, 4) is 5.75 Å². The summed E-state index contributed by atoms with van der Waals surface area (Å²) in [7, 11) is 3.50. The summed E-state index contributed by atoms with van der Waals surface area (Å²) in [5.41, 5.74) is 1.08. The van der Waals surface area contributed by atoms with Crippen LogP contribution in [0.2, 0.25) is 0 Å². The van der Waals surface area contributed by atoms with E-state index < -0.39 is 0 Å². The number of nitrogens with one attached hydrogen (secondary N) is 1. The minimum atomic E-state index is -0.147. The molecule has 9 heteroatoms. The van der Waals surface area contributed by atoms with Gasteiger partial charge >= 0.3 is 0 Å². The van der Waals surface area contributed by atoms with Gasteiger partial charge in [0.25, 0.3) is 5.91 Å². The van der Waals surface area contributed by atoms with Crippen LogP contribution in [-0.2, 0) is 16.1 Å². The van der Waals surface area contributed by atoms with Gasteiger partial charge in [0.2, 0.25) is 5.91 Å². The number of hydrogen-bond acceptors (Lipinski definition) is 7. The zero-order valence-electron chi connectivity index (χ0n) is 22.4. The highest BCUT2D eigenvalue weighted by atomic mass is 32.1. The van der Waals surface area contributed by atoms with E-state index in [4.69, 9.17) is 9.47 Å². The van der Waals surface area contributed by atoms with E-state index in [1.165, 1.54) is 6.42 Å². The van der Waals surface area contributed by atoms with E-state index in [-0.39, 0.29) is 35.8 Å². The number of benzene rings is 1. The van der Waals surface area contributed by atoms with Crippen molar-refractivity contribution in [2.45, 2.75) is 64.6 Å². The number of likely N-dealkylation sites (N-methyl/N-ethyl adjacent to an activating group) is 1. The summed E-state index contributed by atoms with van der Waals surface area (Å²) in [6.07, 6.45) is 6.94. The second-order valence-corrected chi connectivity index (χ2v) is 11.5. The second-order valence-electron chi connectivity index (χ2n) is 10.5. The number of hydrogen-bond donors (Lipinski definition) is 1. The number of ether oxygens (including phenoxy) is 2. The van der Waals surface area contributed by atoms with Gasteiger partial charge in [0.15, 0.2) is 0 Å². The summed E-state index contributed by atoms with van der Waals surface area (Å²) in [6, 6.07) is 5.48. The molecule has 0 saturated heterocycles. The monoisotopic (exact) mass is 528 g/mol. The number of carbonyl (C=O) groups excluding carboxylic acids is 2. The average molecular weight is 529 g/mol. The molecule has 1 N–H and O–H groups in total. The van der Waals surface area contributed by atoms with Crippen LogP contribution in [0.15, 0.2) is 29.8 Å². The molecule has 0 spiro atoms. The maximum Gasteiger partial charge on any atom is 0.257 e. The van der Waals surface area contributed by atoms with Gasteiger partial charge in [-0.3, -0.25) is 14.5 Å². The van der Waals surface area contributed by atoms with Crippen molar-refractivity contribution in [2.75, 3.05) is 39.2 Å². The molecular weight excluding hydrogens is 488 g/mol. The fraction of sp³-hybridized carbons (Fsp3) is 0.607. The zero-order valence-corrected chi connectivity index (χ0v) is 23.3. The number of carbonyl (C=O) groups is 2. The molecule has 1 aromatic heterocycles. The van der Waals surface area contributed by atoms with Crippen LogP contribution in [0, 0.1) is 11.8 Å². The molecule has 1 fully saturated rings. The predicted octanol–water partition coefficient (Wildman–Crippen LogP) is 4.67. The van der Waals surface area contributed by atoms with Crippen molar-refractivity contribution in [2.24, 2.45) is 11.8 Å². The van der Waals surface area contributed by atoms with E-state index in [2.05, 4.69) is 29.0 Å². The summed E-state index contributed by atoms with van der Waals surface area (Å²) in [5, 5.41) is 6.10. The maximum absolute atomic E-state index is 13.6. The smallest absolute Gasteiger partial charge is 0.257 e. The fourth-order valence-corrected chi connectivity index (χ4v) is 5.90. The van der Waals surface area contributed by atoms with Crippen molar-refractivity contribution in [1.82, 2.24) is 14.8 Å². The van der Waals surface area contributed by atoms with E-state index in [9.17, 15) is 9.59 Å². The molecule has 8 nitrogen and oxygen atoms in total. The van der Waals surface area contributed by atoms with Crippen LogP contribution in [-0.4, -0.2) is 72.6 Å². The number of aromatic nitrogens is 1. The topological polar surface area (TPSA) is 84.0 Å². The summed E-state index contributed by atoms with van der Waals surface area (Å²) in [5.74, 6) is 0.636. The van der Waals surface area contributed by atoms with Crippen LogP contribution in [0.4, 0.5) is 5.69 Å². The largest absolute Gasteiger partial charge is 0.491 e. The lowest BCUT2D eigenvalue weighted by molar-refractivity contribution is -0.120. The van der Waals surface area contributed by atoms with E-state index in [0.717, 1.165) is 43.8 Å². The van der Waals surface area contributed by atoms with Gasteiger partial charge in [0, 0.05) is 56.5 Å². The lowest BCUT2D eigenvalue weighted by atomic mass is 9.88. The molecule has 0 bridgehead atoms. The Morgan fingerprint density at radius 3 is 2.70 bits per heavy atom. The maximum atomic E-state index is 13.6. The van der Waals surface area contributed by atoms with Crippen molar-refractivity contribution < 1.29 is 19.1 Å². The first-order valence-corrected chi connectivity index (χ1v) is 14.2. The van der Waals surface area contributed by atoms with Crippen LogP contribution in [0.1, 0.15) is 61.3 Å². The highest BCUT2D eigenvalue weighted by molar-refractivity contribution is 7.09. The van der Waals surface area contributed by atoms with Crippen LogP contribution < -0.4 is 10.1 Å². The third-order valence-electron chi connectivity index (χ3n) is 7.64. The highest BCUT2D eigenvalue weighted by Gasteiger charge is 2.29. The molecule has 1 aliphatic carbocycles. The summed E-state index contributed by atoms with van der Waals surface area (Å²) in [6.45, 7) is 6.70. The van der Waals surface area contributed by atoms with Crippen molar-refractivity contribution in [1.29, 1.82) is 0 Å². The van der Waals surface area contributed by atoms with E-state index >= 15 is 0 Å². The Hall–Kier alpha value is -2.49. The molecule has 2 heterocycles. The van der Waals surface area contributed by atoms with Gasteiger partial charge in [0.05, 0.1) is 18.2 Å². The fourth-order valence-electron chi connectivity index (χ4n) is 5.26. The molecule has 202 valence electrons. The van der Waals surface area contributed by atoms with Gasteiger partial charge < -0.3 is 19.7 Å². The van der Waals surface area contributed by atoms with Gasteiger partial charge in [-0.25, -0.2) is 4.98 Å². The molecule has 0 radical (unpaired) electrons. The van der Waals surface area contributed by atoms with Gasteiger partial charge in [-0.05, 0) is 43.9 Å². The van der Waals surface area contributed by atoms with Crippen LogP contribution in [0.25, 0.3) is 0 Å². The Labute approximate surface area is 224 Å².